The highest BCUT2D eigenvalue weighted by Gasteiger charge is 2.69. The fraction of sp³-hybridized carbons (Fsp3) is 0.632. The minimum absolute atomic E-state index is 0.227. The van der Waals surface area contributed by atoms with Crippen LogP contribution in [0.4, 0.5) is 0 Å². The van der Waals surface area contributed by atoms with Gasteiger partial charge in [-0.05, 0) is 50.5 Å². The minimum Gasteiger partial charge on any atom is -0.318 e. The van der Waals surface area contributed by atoms with E-state index >= 15 is 0 Å². The number of carbonyl (C=O) groups is 1. The average molecular weight is 296 g/mol. The fourth-order valence-electron chi connectivity index (χ4n) is 6.12. The van der Waals surface area contributed by atoms with Gasteiger partial charge in [0, 0.05) is 24.4 Å². The lowest BCUT2D eigenvalue weighted by Crippen LogP contribution is -2.52. The van der Waals surface area contributed by atoms with Crippen molar-refractivity contribution >= 4 is 5.91 Å². The minimum atomic E-state index is -0.227. The second-order valence-corrected chi connectivity index (χ2v) is 8.01. The predicted octanol–water partition coefficient (Wildman–Crippen LogP) is 2.64. The Morgan fingerprint density at radius 1 is 1.18 bits per heavy atom. The molecule has 6 atom stereocenters. The van der Waals surface area contributed by atoms with Gasteiger partial charge in [-0.2, -0.15) is 0 Å². The maximum absolute atomic E-state index is 13.1. The standard InChI is InChI=1S/C19H24N2O/c1-11-3-7-15(8-4-11)19-17-14-6-5-13(9-14)16(17)18(22)21(19)10-12(2)20-19/h3-4,7-8,12-14,16-17,20H,5-6,9-10H2,1-2H3. The van der Waals surface area contributed by atoms with E-state index in [4.69, 9.17) is 0 Å². The third kappa shape index (κ3) is 1.39. The summed E-state index contributed by atoms with van der Waals surface area (Å²) >= 11 is 0. The van der Waals surface area contributed by atoms with E-state index in [0.717, 1.165) is 12.5 Å². The molecule has 2 aliphatic heterocycles. The van der Waals surface area contributed by atoms with Crippen LogP contribution in [0.1, 0.15) is 37.3 Å². The van der Waals surface area contributed by atoms with Crippen molar-refractivity contribution in [2.24, 2.45) is 23.7 Å². The Bertz CT molecular complexity index is 639. The summed E-state index contributed by atoms with van der Waals surface area (Å²) in [4.78, 5) is 15.3. The van der Waals surface area contributed by atoms with E-state index in [2.05, 4.69) is 48.3 Å². The summed E-state index contributed by atoms with van der Waals surface area (Å²) in [5, 5.41) is 3.86. The first-order valence-corrected chi connectivity index (χ1v) is 8.77. The van der Waals surface area contributed by atoms with Crippen LogP contribution in [-0.4, -0.2) is 23.4 Å². The third-order valence-corrected chi connectivity index (χ3v) is 6.79. The highest BCUT2D eigenvalue weighted by atomic mass is 16.2. The van der Waals surface area contributed by atoms with Crippen LogP contribution >= 0.6 is 0 Å². The molecule has 1 aromatic rings. The van der Waals surface area contributed by atoms with Gasteiger partial charge in [-0.15, -0.1) is 0 Å². The molecule has 22 heavy (non-hydrogen) atoms. The molecule has 0 radical (unpaired) electrons. The Hall–Kier alpha value is -1.35. The number of hydrogen-bond donors (Lipinski definition) is 1. The Balaban J connectivity index is 1.69. The lowest BCUT2D eigenvalue weighted by Gasteiger charge is -2.40. The quantitative estimate of drug-likeness (QED) is 0.864. The lowest BCUT2D eigenvalue weighted by molar-refractivity contribution is -0.134. The monoisotopic (exact) mass is 296 g/mol. The summed E-state index contributed by atoms with van der Waals surface area (Å²) in [6, 6.07) is 9.25. The van der Waals surface area contributed by atoms with E-state index in [1.165, 1.54) is 30.4 Å². The molecule has 1 N–H and O–H groups in total. The number of aryl methyl sites for hydroxylation is 1. The Morgan fingerprint density at radius 3 is 2.68 bits per heavy atom. The molecule has 2 bridgehead atoms. The zero-order valence-electron chi connectivity index (χ0n) is 13.4. The molecule has 5 rings (SSSR count). The van der Waals surface area contributed by atoms with Crippen molar-refractivity contribution in [2.45, 2.75) is 44.8 Å². The molecule has 6 unspecified atom stereocenters. The van der Waals surface area contributed by atoms with Crippen molar-refractivity contribution in [1.82, 2.24) is 10.2 Å². The summed E-state index contributed by atoms with van der Waals surface area (Å²) in [7, 11) is 0. The van der Waals surface area contributed by atoms with Crippen LogP contribution in [0.5, 0.6) is 0 Å². The van der Waals surface area contributed by atoms with E-state index in [1.54, 1.807) is 0 Å². The van der Waals surface area contributed by atoms with Crippen LogP contribution in [0.25, 0.3) is 0 Å². The van der Waals surface area contributed by atoms with Gasteiger partial charge >= 0.3 is 0 Å². The van der Waals surface area contributed by atoms with Crippen molar-refractivity contribution in [2.75, 3.05) is 6.54 Å². The van der Waals surface area contributed by atoms with Gasteiger partial charge in [0.15, 0.2) is 0 Å². The van der Waals surface area contributed by atoms with Gasteiger partial charge in [0.25, 0.3) is 0 Å². The van der Waals surface area contributed by atoms with Gasteiger partial charge < -0.3 is 4.90 Å². The van der Waals surface area contributed by atoms with Gasteiger partial charge in [-0.3, -0.25) is 10.1 Å². The number of benzene rings is 1. The molecule has 0 spiro atoms. The van der Waals surface area contributed by atoms with Crippen molar-refractivity contribution in [3.8, 4) is 0 Å². The van der Waals surface area contributed by atoms with Crippen LogP contribution in [0, 0.1) is 30.6 Å². The van der Waals surface area contributed by atoms with Gasteiger partial charge in [-0.1, -0.05) is 29.8 Å². The first kappa shape index (κ1) is 13.1. The second-order valence-electron chi connectivity index (χ2n) is 8.01. The largest absolute Gasteiger partial charge is 0.318 e. The SMILES string of the molecule is Cc1ccc(C23NC(C)CN2C(=O)C2C4CCC(C4)C23)cc1. The maximum atomic E-state index is 13.1. The van der Waals surface area contributed by atoms with E-state index in [-0.39, 0.29) is 11.6 Å². The Morgan fingerprint density at radius 2 is 1.91 bits per heavy atom. The van der Waals surface area contributed by atoms with Crippen LogP contribution < -0.4 is 5.32 Å². The van der Waals surface area contributed by atoms with Gasteiger partial charge in [0.2, 0.25) is 5.91 Å². The van der Waals surface area contributed by atoms with Crippen LogP contribution in [-0.2, 0) is 10.5 Å². The summed E-state index contributed by atoms with van der Waals surface area (Å²) in [5.74, 6) is 2.55. The summed E-state index contributed by atoms with van der Waals surface area (Å²) < 4.78 is 0. The maximum Gasteiger partial charge on any atom is 0.228 e. The average Bonchev–Trinajstić information content (AvgIpc) is 3.22. The molecule has 2 saturated heterocycles. The van der Waals surface area contributed by atoms with Gasteiger partial charge in [0.1, 0.15) is 5.66 Å². The summed E-state index contributed by atoms with van der Waals surface area (Å²) in [6.45, 7) is 5.20. The third-order valence-electron chi connectivity index (χ3n) is 6.79. The molecule has 2 aliphatic carbocycles. The number of nitrogens with one attached hydrogen (secondary N) is 1. The van der Waals surface area contributed by atoms with E-state index < -0.39 is 0 Å². The first-order valence-electron chi connectivity index (χ1n) is 8.77. The molecular formula is C19H24N2O. The molecule has 1 aromatic carbocycles. The van der Waals surface area contributed by atoms with Crippen LogP contribution in [0.15, 0.2) is 24.3 Å². The van der Waals surface area contributed by atoms with Crippen LogP contribution in [0.3, 0.4) is 0 Å². The fourth-order valence-corrected chi connectivity index (χ4v) is 6.12. The number of nitrogens with zero attached hydrogens (tertiary/aromatic N) is 1. The molecule has 3 heteroatoms. The summed E-state index contributed by atoms with van der Waals surface area (Å²) in [6.07, 6.45) is 3.86. The van der Waals surface area contributed by atoms with Gasteiger partial charge in [-0.25, -0.2) is 0 Å². The number of carbonyl (C=O) groups excluding carboxylic acids is 1. The predicted molar refractivity (Wildman–Crippen MR) is 85.0 cm³/mol. The van der Waals surface area contributed by atoms with Crippen molar-refractivity contribution in [3.05, 3.63) is 35.4 Å². The number of rotatable bonds is 1. The van der Waals surface area contributed by atoms with Crippen molar-refractivity contribution in [1.29, 1.82) is 0 Å². The molecule has 3 nitrogen and oxygen atoms in total. The first-order chi connectivity index (χ1) is 10.6. The topological polar surface area (TPSA) is 32.3 Å². The van der Waals surface area contributed by atoms with Gasteiger partial charge in [0.05, 0.1) is 0 Å². The molecule has 0 aromatic heterocycles. The zero-order chi connectivity index (χ0) is 15.1. The number of hydrogen-bond acceptors (Lipinski definition) is 2. The molecule has 4 fully saturated rings. The number of amides is 1. The number of fused-ring (bicyclic) bond motifs is 7. The van der Waals surface area contributed by atoms with E-state index in [1.807, 2.05) is 0 Å². The second kappa shape index (κ2) is 4.14. The molecule has 2 heterocycles. The normalized spacial score (nSPS) is 45.5. The summed E-state index contributed by atoms with van der Waals surface area (Å²) in [5.41, 5.74) is 2.36. The molecule has 1 amide bonds. The van der Waals surface area contributed by atoms with E-state index in [9.17, 15) is 4.79 Å². The smallest absolute Gasteiger partial charge is 0.228 e. The molecule has 2 saturated carbocycles. The van der Waals surface area contributed by atoms with Crippen molar-refractivity contribution in [3.63, 3.8) is 0 Å². The lowest BCUT2D eigenvalue weighted by atomic mass is 9.73. The van der Waals surface area contributed by atoms with Crippen molar-refractivity contribution < 1.29 is 4.79 Å². The Kier molecular flexibility index (Phi) is 2.47. The molecule has 116 valence electrons. The van der Waals surface area contributed by atoms with Crippen LogP contribution in [0.2, 0.25) is 0 Å². The Labute approximate surface area is 132 Å². The molecule has 4 aliphatic rings. The van der Waals surface area contributed by atoms with E-state index in [0.29, 0.717) is 23.8 Å². The zero-order valence-corrected chi connectivity index (χ0v) is 13.4. The highest BCUT2D eigenvalue weighted by molar-refractivity contribution is 5.85. The highest BCUT2D eigenvalue weighted by Crippen LogP contribution is 2.64. The molecular weight excluding hydrogens is 272 g/mol.